The van der Waals surface area contributed by atoms with Gasteiger partial charge >= 0.3 is 0 Å². The Hall–Kier alpha value is -3.20. The smallest absolute Gasteiger partial charge is 0.253 e. The molecule has 1 saturated heterocycles. The average molecular weight is 453 g/mol. The second-order valence-corrected chi connectivity index (χ2v) is 9.17. The number of piperidine rings is 1. The third-order valence-electron chi connectivity index (χ3n) is 6.15. The molecule has 33 heavy (non-hydrogen) atoms. The molecular weight excluding hydrogens is 420 g/mol. The number of rotatable bonds is 6. The van der Waals surface area contributed by atoms with E-state index in [-0.39, 0.29) is 30.2 Å². The second kappa shape index (κ2) is 9.35. The van der Waals surface area contributed by atoms with Crippen molar-refractivity contribution < 1.29 is 9.53 Å². The summed E-state index contributed by atoms with van der Waals surface area (Å²) < 4.78 is 8.00. The Kier molecular flexibility index (Phi) is 6.51. The van der Waals surface area contributed by atoms with Crippen LogP contribution >= 0.6 is 0 Å². The van der Waals surface area contributed by atoms with E-state index in [1.807, 2.05) is 33.8 Å². The number of hydrogen-bond acceptors (Lipinski definition) is 6. The summed E-state index contributed by atoms with van der Waals surface area (Å²) in [5.74, 6) is 0.132. The van der Waals surface area contributed by atoms with E-state index < -0.39 is 0 Å². The van der Waals surface area contributed by atoms with Crippen LogP contribution in [0.1, 0.15) is 59.9 Å². The molecule has 0 aliphatic carbocycles. The summed E-state index contributed by atoms with van der Waals surface area (Å²) in [5.41, 5.74) is 3.04. The highest BCUT2D eigenvalue weighted by Crippen LogP contribution is 2.26. The molecule has 0 aromatic carbocycles. The molecule has 0 spiro atoms. The van der Waals surface area contributed by atoms with Crippen LogP contribution in [0.25, 0.3) is 11.0 Å². The van der Waals surface area contributed by atoms with Gasteiger partial charge in [-0.1, -0.05) is 0 Å². The molecule has 0 radical (unpaired) electrons. The van der Waals surface area contributed by atoms with E-state index in [1.165, 1.54) is 0 Å². The first kappa shape index (κ1) is 23.0. The van der Waals surface area contributed by atoms with E-state index in [4.69, 9.17) is 9.72 Å². The number of aromatic amines is 1. The number of amides is 1. The van der Waals surface area contributed by atoms with Crippen LogP contribution < -0.4 is 15.6 Å². The molecular formula is C24H32N6O3. The maximum atomic E-state index is 13.2. The number of hydrogen-bond donors (Lipinski definition) is 2. The standard InChI is InChI=1S/C24H32N6O3/c1-14(2)30-22-20(13-26-30)18(11-21(28-22)33-17-6-8-29(5)9-7-17)23(31)25-12-19-15(3)10-16(4)27-24(19)32/h10-11,13-14,17H,6-9,12H2,1-5H3,(H,25,31)(H,27,32). The van der Waals surface area contributed by atoms with Gasteiger partial charge in [0, 0.05) is 43.0 Å². The number of ether oxygens (including phenoxy) is 1. The highest BCUT2D eigenvalue weighted by molar-refractivity contribution is 6.05. The van der Waals surface area contributed by atoms with Gasteiger partial charge in [0.2, 0.25) is 5.88 Å². The molecule has 0 unspecified atom stereocenters. The highest BCUT2D eigenvalue weighted by atomic mass is 16.5. The van der Waals surface area contributed by atoms with E-state index in [2.05, 4.69) is 27.3 Å². The van der Waals surface area contributed by atoms with Gasteiger partial charge in [-0.3, -0.25) is 9.59 Å². The molecule has 9 nitrogen and oxygen atoms in total. The van der Waals surface area contributed by atoms with E-state index in [0.717, 1.165) is 37.2 Å². The number of H-pyrrole nitrogens is 1. The predicted molar refractivity (Wildman–Crippen MR) is 127 cm³/mol. The lowest BCUT2D eigenvalue weighted by Gasteiger charge is -2.29. The zero-order valence-corrected chi connectivity index (χ0v) is 19.9. The van der Waals surface area contributed by atoms with Gasteiger partial charge in [-0.25, -0.2) is 4.68 Å². The fourth-order valence-electron chi connectivity index (χ4n) is 4.26. The Bertz CT molecular complexity index is 1220. The zero-order chi connectivity index (χ0) is 23.7. The minimum atomic E-state index is -0.293. The molecule has 4 rings (SSSR count). The summed E-state index contributed by atoms with van der Waals surface area (Å²) in [6.07, 6.45) is 3.56. The summed E-state index contributed by atoms with van der Waals surface area (Å²) >= 11 is 0. The third kappa shape index (κ3) is 4.93. The molecule has 0 atom stereocenters. The Balaban J connectivity index is 1.64. The van der Waals surface area contributed by atoms with Crippen LogP contribution in [0, 0.1) is 13.8 Å². The average Bonchev–Trinajstić information content (AvgIpc) is 3.18. The Morgan fingerprint density at radius 1 is 1.27 bits per heavy atom. The fraction of sp³-hybridized carbons (Fsp3) is 0.500. The maximum Gasteiger partial charge on any atom is 0.253 e. The minimum Gasteiger partial charge on any atom is -0.474 e. The van der Waals surface area contributed by atoms with Crippen molar-refractivity contribution in [2.75, 3.05) is 20.1 Å². The van der Waals surface area contributed by atoms with Crippen molar-refractivity contribution >= 4 is 16.9 Å². The molecule has 3 aromatic rings. The summed E-state index contributed by atoms with van der Waals surface area (Å²) in [6.45, 7) is 9.81. The lowest BCUT2D eigenvalue weighted by Crippen LogP contribution is -2.35. The van der Waals surface area contributed by atoms with Gasteiger partial charge < -0.3 is 19.9 Å². The minimum absolute atomic E-state index is 0.0613. The van der Waals surface area contributed by atoms with Gasteiger partial charge in [0.1, 0.15) is 6.10 Å². The summed E-state index contributed by atoms with van der Waals surface area (Å²) in [4.78, 5) is 35.3. The predicted octanol–water partition coefficient (Wildman–Crippen LogP) is 2.72. The van der Waals surface area contributed by atoms with Crippen LogP contribution in [-0.2, 0) is 6.54 Å². The molecule has 1 fully saturated rings. The first-order valence-electron chi connectivity index (χ1n) is 11.4. The maximum absolute atomic E-state index is 13.2. The van der Waals surface area contributed by atoms with Crippen molar-refractivity contribution in [2.45, 2.75) is 59.2 Å². The number of pyridine rings is 2. The van der Waals surface area contributed by atoms with Crippen LogP contribution in [0.2, 0.25) is 0 Å². The van der Waals surface area contributed by atoms with Crippen molar-refractivity contribution in [3.8, 4) is 5.88 Å². The molecule has 3 aromatic heterocycles. The normalized spacial score (nSPS) is 15.3. The van der Waals surface area contributed by atoms with Crippen molar-refractivity contribution in [3.05, 3.63) is 51.1 Å². The fourth-order valence-corrected chi connectivity index (χ4v) is 4.26. The van der Waals surface area contributed by atoms with Crippen molar-refractivity contribution in [1.82, 2.24) is 30.0 Å². The van der Waals surface area contributed by atoms with Crippen LogP contribution in [-0.4, -0.2) is 56.8 Å². The van der Waals surface area contributed by atoms with E-state index in [1.54, 1.807) is 16.9 Å². The number of aromatic nitrogens is 4. The number of nitrogens with one attached hydrogen (secondary N) is 2. The van der Waals surface area contributed by atoms with Crippen LogP contribution in [0.3, 0.4) is 0 Å². The molecule has 1 aliphatic rings. The van der Waals surface area contributed by atoms with Crippen LogP contribution in [0.5, 0.6) is 5.88 Å². The number of carbonyl (C=O) groups is 1. The Labute approximate surface area is 193 Å². The molecule has 0 bridgehead atoms. The van der Waals surface area contributed by atoms with Crippen molar-refractivity contribution in [3.63, 3.8) is 0 Å². The Morgan fingerprint density at radius 3 is 2.67 bits per heavy atom. The lowest BCUT2D eigenvalue weighted by molar-refractivity contribution is 0.0947. The van der Waals surface area contributed by atoms with Gasteiger partial charge in [-0.05, 0) is 59.2 Å². The number of likely N-dealkylation sites (tertiary alicyclic amines) is 1. The number of nitrogens with zero attached hydrogens (tertiary/aromatic N) is 4. The SMILES string of the molecule is Cc1cc(C)c(CNC(=O)c2cc(OC3CCN(C)CC3)nc3c2cnn3C(C)C)c(=O)[nH]1. The van der Waals surface area contributed by atoms with E-state index in [9.17, 15) is 9.59 Å². The topological polar surface area (TPSA) is 105 Å². The lowest BCUT2D eigenvalue weighted by atomic mass is 10.1. The third-order valence-corrected chi connectivity index (χ3v) is 6.15. The summed E-state index contributed by atoms with van der Waals surface area (Å²) in [5, 5.41) is 8.01. The highest BCUT2D eigenvalue weighted by Gasteiger charge is 2.22. The first-order valence-corrected chi connectivity index (χ1v) is 11.4. The monoisotopic (exact) mass is 452 g/mol. The molecule has 2 N–H and O–H groups in total. The van der Waals surface area contributed by atoms with Gasteiger partial charge in [0.15, 0.2) is 5.65 Å². The first-order chi connectivity index (χ1) is 15.7. The van der Waals surface area contributed by atoms with Crippen molar-refractivity contribution in [1.29, 1.82) is 0 Å². The van der Waals surface area contributed by atoms with Gasteiger partial charge in [-0.2, -0.15) is 10.1 Å². The summed E-state index contributed by atoms with van der Waals surface area (Å²) in [7, 11) is 2.10. The van der Waals surface area contributed by atoms with Crippen LogP contribution in [0.4, 0.5) is 0 Å². The number of aryl methyl sites for hydroxylation is 2. The van der Waals surface area contributed by atoms with Gasteiger partial charge in [0.05, 0.1) is 17.1 Å². The number of carbonyl (C=O) groups excluding carboxylic acids is 1. The zero-order valence-electron chi connectivity index (χ0n) is 19.9. The second-order valence-electron chi connectivity index (χ2n) is 9.17. The molecule has 1 aliphatic heterocycles. The van der Waals surface area contributed by atoms with Crippen molar-refractivity contribution in [2.24, 2.45) is 0 Å². The van der Waals surface area contributed by atoms with E-state index in [0.29, 0.717) is 28.0 Å². The molecule has 9 heteroatoms. The van der Waals surface area contributed by atoms with Crippen LogP contribution in [0.15, 0.2) is 23.1 Å². The Morgan fingerprint density at radius 2 is 2.00 bits per heavy atom. The molecule has 176 valence electrons. The summed E-state index contributed by atoms with van der Waals surface area (Å²) in [6, 6.07) is 3.67. The molecule has 4 heterocycles. The number of fused-ring (bicyclic) bond motifs is 1. The molecule has 0 saturated carbocycles. The molecule has 1 amide bonds. The largest absolute Gasteiger partial charge is 0.474 e. The van der Waals surface area contributed by atoms with Gasteiger partial charge in [-0.15, -0.1) is 0 Å². The van der Waals surface area contributed by atoms with Gasteiger partial charge in [0.25, 0.3) is 11.5 Å². The van der Waals surface area contributed by atoms with E-state index >= 15 is 0 Å². The quantitative estimate of drug-likeness (QED) is 0.596.